The Morgan fingerprint density at radius 3 is 2.61 bits per heavy atom. The van der Waals surface area contributed by atoms with Gasteiger partial charge in [-0.05, 0) is 12.5 Å². The molecule has 6 nitrogen and oxygen atoms in total. The number of benzene rings is 1. The van der Waals surface area contributed by atoms with Crippen molar-refractivity contribution in [2.24, 2.45) is 5.73 Å². The molecule has 0 bridgehead atoms. The summed E-state index contributed by atoms with van der Waals surface area (Å²) < 4.78 is 28.7. The molecule has 1 fully saturated rings. The molecule has 2 N–H and O–H groups in total. The number of imidazole rings is 1. The van der Waals surface area contributed by atoms with E-state index in [0.29, 0.717) is 19.6 Å². The lowest BCUT2D eigenvalue weighted by Gasteiger charge is -2.17. The van der Waals surface area contributed by atoms with Crippen molar-refractivity contribution in [3.05, 3.63) is 48.4 Å². The minimum Gasteiger partial charge on any atom is -0.326 e. The number of halogens is 1. The average Bonchev–Trinajstić information content (AvgIpc) is 3.15. The van der Waals surface area contributed by atoms with E-state index in [2.05, 4.69) is 4.98 Å². The van der Waals surface area contributed by atoms with Crippen molar-refractivity contribution >= 4 is 22.4 Å². The Morgan fingerprint density at radius 2 is 1.96 bits per heavy atom. The van der Waals surface area contributed by atoms with Gasteiger partial charge < -0.3 is 10.3 Å². The van der Waals surface area contributed by atoms with Crippen LogP contribution in [0.15, 0.2) is 47.9 Å². The summed E-state index contributed by atoms with van der Waals surface area (Å²) in [7, 11) is -3.56. The number of aryl methyl sites for hydroxylation is 1. The van der Waals surface area contributed by atoms with E-state index in [9.17, 15) is 8.42 Å². The van der Waals surface area contributed by atoms with Crippen molar-refractivity contribution in [2.75, 3.05) is 13.1 Å². The van der Waals surface area contributed by atoms with Crippen LogP contribution in [0.4, 0.5) is 0 Å². The molecule has 0 amide bonds. The number of aromatic nitrogens is 2. The molecule has 1 aliphatic heterocycles. The van der Waals surface area contributed by atoms with Gasteiger partial charge in [0.15, 0.2) is 5.03 Å². The van der Waals surface area contributed by atoms with Crippen molar-refractivity contribution in [1.82, 2.24) is 13.9 Å². The Hall–Kier alpha value is -1.41. The number of hydrogen-bond donors (Lipinski definition) is 1. The van der Waals surface area contributed by atoms with Gasteiger partial charge in [-0.2, -0.15) is 4.31 Å². The molecule has 2 aromatic rings. The second kappa shape index (κ2) is 7.00. The highest BCUT2D eigenvalue weighted by Gasteiger charge is 2.39. The Morgan fingerprint density at radius 1 is 1.26 bits per heavy atom. The highest BCUT2D eigenvalue weighted by Crippen LogP contribution is 2.30. The maximum absolute atomic E-state index is 12.8. The molecule has 1 aromatic carbocycles. The summed E-state index contributed by atoms with van der Waals surface area (Å²) in [6, 6.07) is 9.64. The van der Waals surface area contributed by atoms with Gasteiger partial charge in [-0.1, -0.05) is 30.3 Å². The molecule has 0 aliphatic carbocycles. The molecule has 126 valence electrons. The molecule has 23 heavy (non-hydrogen) atoms. The molecule has 0 saturated carbocycles. The molecular formula is C15H21ClN4O2S. The van der Waals surface area contributed by atoms with Gasteiger partial charge in [0.25, 0.3) is 10.0 Å². The van der Waals surface area contributed by atoms with Gasteiger partial charge in [0.1, 0.15) is 0 Å². The fraction of sp³-hybridized carbons (Fsp3) is 0.400. The van der Waals surface area contributed by atoms with E-state index in [1.807, 2.05) is 37.3 Å². The standard InChI is InChI=1S/C15H20N4O2S.ClH/c1-2-18-11-17-8-15(18)22(20,21)19-9-13(14(16)10-19)12-6-4-3-5-7-12;/h3-8,11,13-14H,2,9-10,16H2,1H3;1H/t13-,14+;/m0./s1. The van der Waals surface area contributed by atoms with Crippen molar-refractivity contribution < 1.29 is 8.42 Å². The maximum atomic E-state index is 12.8. The van der Waals surface area contributed by atoms with Crippen molar-refractivity contribution in [2.45, 2.75) is 30.5 Å². The van der Waals surface area contributed by atoms with Crippen molar-refractivity contribution in [3.8, 4) is 0 Å². The summed E-state index contributed by atoms with van der Waals surface area (Å²) in [6.07, 6.45) is 2.94. The Labute approximate surface area is 142 Å². The maximum Gasteiger partial charge on any atom is 0.260 e. The summed E-state index contributed by atoms with van der Waals surface area (Å²) in [6.45, 7) is 3.19. The van der Waals surface area contributed by atoms with E-state index in [0.717, 1.165) is 5.56 Å². The van der Waals surface area contributed by atoms with E-state index in [1.165, 1.54) is 16.8 Å². The predicted octanol–water partition coefficient (Wildman–Crippen LogP) is 1.44. The minimum absolute atomic E-state index is 0. The van der Waals surface area contributed by atoms with Crippen LogP contribution in [0.25, 0.3) is 0 Å². The molecule has 1 saturated heterocycles. The van der Waals surface area contributed by atoms with Crippen LogP contribution in [-0.2, 0) is 16.6 Å². The highest BCUT2D eigenvalue weighted by molar-refractivity contribution is 7.89. The summed E-state index contributed by atoms with van der Waals surface area (Å²) in [5, 5.41) is 0.232. The molecule has 1 aromatic heterocycles. The van der Waals surface area contributed by atoms with E-state index in [-0.39, 0.29) is 29.4 Å². The highest BCUT2D eigenvalue weighted by atomic mass is 35.5. The Bertz CT molecular complexity index is 748. The van der Waals surface area contributed by atoms with Crippen LogP contribution < -0.4 is 5.73 Å². The van der Waals surface area contributed by atoms with Gasteiger partial charge in [-0.25, -0.2) is 13.4 Å². The van der Waals surface area contributed by atoms with E-state index in [1.54, 1.807) is 4.57 Å². The Kier molecular flexibility index (Phi) is 5.46. The first-order valence-electron chi connectivity index (χ1n) is 7.35. The molecule has 0 unspecified atom stereocenters. The quantitative estimate of drug-likeness (QED) is 0.898. The number of nitrogens with two attached hydrogens (primary N) is 1. The first-order valence-corrected chi connectivity index (χ1v) is 8.79. The van der Waals surface area contributed by atoms with E-state index >= 15 is 0 Å². The Balaban J connectivity index is 0.00000192. The van der Waals surface area contributed by atoms with E-state index < -0.39 is 10.0 Å². The fourth-order valence-corrected chi connectivity index (χ4v) is 4.59. The van der Waals surface area contributed by atoms with Crippen LogP contribution in [0.3, 0.4) is 0 Å². The zero-order valence-electron chi connectivity index (χ0n) is 12.9. The van der Waals surface area contributed by atoms with Crippen LogP contribution >= 0.6 is 12.4 Å². The van der Waals surface area contributed by atoms with Crippen LogP contribution in [0, 0.1) is 0 Å². The number of hydrogen-bond acceptors (Lipinski definition) is 4. The number of nitrogens with zero attached hydrogens (tertiary/aromatic N) is 3. The third-order valence-corrected chi connectivity index (χ3v) is 6.02. The minimum atomic E-state index is -3.56. The largest absolute Gasteiger partial charge is 0.326 e. The number of rotatable bonds is 4. The summed E-state index contributed by atoms with van der Waals surface area (Å²) in [4.78, 5) is 3.95. The second-order valence-corrected chi connectivity index (χ2v) is 7.41. The summed E-state index contributed by atoms with van der Waals surface area (Å²) in [5.41, 5.74) is 7.27. The lowest BCUT2D eigenvalue weighted by Crippen LogP contribution is -2.33. The lowest BCUT2D eigenvalue weighted by atomic mass is 9.95. The second-order valence-electron chi connectivity index (χ2n) is 5.52. The lowest BCUT2D eigenvalue weighted by molar-refractivity contribution is 0.461. The van der Waals surface area contributed by atoms with Gasteiger partial charge in [0.05, 0.1) is 12.5 Å². The molecule has 0 radical (unpaired) electrons. The van der Waals surface area contributed by atoms with Crippen LogP contribution in [0.2, 0.25) is 0 Å². The number of sulfonamides is 1. The monoisotopic (exact) mass is 356 g/mol. The molecular weight excluding hydrogens is 336 g/mol. The molecule has 2 heterocycles. The van der Waals surface area contributed by atoms with Crippen molar-refractivity contribution in [1.29, 1.82) is 0 Å². The smallest absolute Gasteiger partial charge is 0.260 e. The van der Waals surface area contributed by atoms with Crippen LogP contribution in [-0.4, -0.2) is 41.4 Å². The summed E-state index contributed by atoms with van der Waals surface area (Å²) in [5.74, 6) is 0.0222. The zero-order chi connectivity index (χ0) is 15.7. The molecule has 0 spiro atoms. The SMILES string of the molecule is CCn1cncc1S(=O)(=O)N1C[C@@H](N)[C@H](c2ccccc2)C1.Cl. The van der Waals surface area contributed by atoms with E-state index in [4.69, 9.17) is 5.73 Å². The summed E-state index contributed by atoms with van der Waals surface area (Å²) >= 11 is 0. The molecule has 2 atom stereocenters. The third kappa shape index (κ3) is 3.28. The normalized spacial score (nSPS) is 22.0. The molecule has 1 aliphatic rings. The van der Waals surface area contributed by atoms with Gasteiger partial charge in [-0.3, -0.25) is 0 Å². The van der Waals surface area contributed by atoms with Gasteiger partial charge in [-0.15, -0.1) is 12.4 Å². The van der Waals surface area contributed by atoms with Crippen molar-refractivity contribution in [3.63, 3.8) is 0 Å². The van der Waals surface area contributed by atoms with Gasteiger partial charge in [0.2, 0.25) is 0 Å². The predicted molar refractivity (Wildman–Crippen MR) is 91.1 cm³/mol. The topological polar surface area (TPSA) is 81.2 Å². The van der Waals surface area contributed by atoms with Gasteiger partial charge in [0, 0.05) is 31.6 Å². The third-order valence-electron chi connectivity index (χ3n) is 4.18. The fourth-order valence-electron chi connectivity index (χ4n) is 2.93. The van der Waals surface area contributed by atoms with Crippen LogP contribution in [0.1, 0.15) is 18.4 Å². The molecule has 3 rings (SSSR count). The van der Waals surface area contributed by atoms with Gasteiger partial charge >= 0.3 is 0 Å². The molecule has 8 heteroatoms. The zero-order valence-corrected chi connectivity index (χ0v) is 14.5. The first-order chi connectivity index (χ1) is 10.5. The average molecular weight is 357 g/mol. The van der Waals surface area contributed by atoms with Crippen LogP contribution in [0.5, 0.6) is 0 Å². The first kappa shape index (κ1) is 17.9.